The van der Waals surface area contributed by atoms with Gasteiger partial charge in [0.05, 0.1) is 29.2 Å². The van der Waals surface area contributed by atoms with Crippen LogP contribution in [0.2, 0.25) is 0 Å². The van der Waals surface area contributed by atoms with Gasteiger partial charge in [-0.25, -0.2) is 4.98 Å². The summed E-state index contributed by atoms with van der Waals surface area (Å²) in [6, 6.07) is 9.44. The van der Waals surface area contributed by atoms with Gasteiger partial charge in [0.15, 0.2) is 0 Å². The first-order chi connectivity index (χ1) is 11.0. The number of carbonyl (C=O) groups excluding carboxylic acids is 1. The Morgan fingerprint density at radius 2 is 2.00 bits per heavy atom. The first-order valence-electron chi connectivity index (χ1n) is 6.71. The summed E-state index contributed by atoms with van der Waals surface area (Å²) in [5, 5.41) is 13.0. The highest BCUT2D eigenvalue weighted by molar-refractivity contribution is 8.00. The van der Waals surface area contributed by atoms with Gasteiger partial charge in [-0.1, -0.05) is 0 Å². The second kappa shape index (κ2) is 7.59. The first kappa shape index (κ1) is 16.8. The van der Waals surface area contributed by atoms with Gasteiger partial charge in [-0.05, 0) is 25.1 Å². The summed E-state index contributed by atoms with van der Waals surface area (Å²) in [4.78, 5) is 27.1. The van der Waals surface area contributed by atoms with Gasteiger partial charge in [0, 0.05) is 23.1 Å². The van der Waals surface area contributed by atoms with Crippen molar-refractivity contribution in [1.82, 2.24) is 4.98 Å². The number of hydrogen-bond donors (Lipinski definition) is 1. The summed E-state index contributed by atoms with van der Waals surface area (Å²) < 4.78 is 4.95. The minimum absolute atomic E-state index is 0.0239. The van der Waals surface area contributed by atoms with Crippen molar-refractivity contribution in [2.24, 2.45) is 0 Å². The number of rotatable bonds is 6. The number of amides is 1. The number of carbonyl (C=O) groups is 1. The van der Waals surface area contributed by atoms with E-state index in [-0.39, 0.29) is 16.8 Å². The van der Waals surface area contributed by atoms with Crippen LogP contribution in [0.5, 0.6) is 5.88 Å². The number of aromatic nitrogens is 1. The maximum Gasteiger partial charge on any atom is 0.269 e. The van der Waals surface area contributed by atoms with E-state index in [1.807, 2.05) is 0 Å². The molecule has 1 amide bonds. The minimum Gasteiger partial charge on any atom is -0.481 e. The van der Waals surface area contributed by atoms with Gasteiger partial charge in [0.1, 0.15) is 0 Å². The molecular weight excluding hydrogens is 318 g/mol. The van der Waals surface area contributed by atoms with Crippen LogP contribution in [0.1, 0.15) is 6.92 Å². The zero-order valence-corrected chi connectivity index (χ0v) is 13.4. The molecule has 8 heteroatoms. The van der Waals surface area contributed by atoms with E-state index in [4.69, 9.17) is 4.74 Å². The van der Waals surface area contributed by atoms with E-state index in [1.165, 1.54) is 37.2 Å². The Balaban J connectivity index is 1.94. The predicted octanol–water partition coefficient (Wildman–Crippen LogP) is 3.12. The van der Waals surface area contributed by atoms with Crippen molar-refractivity contribution in [3.05, 3.63) is 52.7 Å². The fourth-order valence-corrected chi connectivity index (χ4v) is 2.59. The Morgan fingerprint density at radius 3 is 2.52 bits per heavy atom. The molecule has 0 aliphatic heterocycles. The molecule has 0 bridgehead atoms. The molecule has 23 heavy (non-hydrogen) atoms. The van der Waals surface area contributed by atoms with Crippen molar-refractivity contribution in [3.8, 4) is 5.88 Å². The molecule has 0 spiro atoms. The van der Waals surface area contributed by atoms with E-state index in [1.54, 1.807) is 31.2 Å². The van der Waals surface area contributed by atoms with Gasteiger partial charge < -0.3 is 10.1 Å². The number of anilines is 1. The van der Waals surface area contributed by atoms with E-state index < -0.39 is 4.92 Å². The largest absolute Gasteiger partial charge is 0.481 e. The van der Waals surface area contributed by atoms with E-state index in [0.717, 1.165) is 4.90 Å². The number of thioether (sulfide) groups is 1. The molecule has 7 nitrogen and oxygen atoms in total. The van der Waals surface area contributed by atoms with Crippen LogP contribution < -0.4 is 10.1 Å². The molecule has 0 saturated heterocycles. The highest BCUT2D eigenvalue weighted by Gasteiger charge is 2.15. The van der Waals surface area contributed by atoms with Crippen molar-refractivity contribution in [3.63, 3.8) is 0 Å². The highest BCUT2D eigenvalue weighted by Crippen LogP contribution is 2.26. The van der Waals surface area contributed by atoms with Crippen LogP contribution in [0, 0.1) is 10.1 Å². The lowest BCUT2D eigenvalue weighted by Gasteiger charge is -2.12. The molecule has 0 saturated carbocycles. The maximum absolute atomic E-state index is 12.1. The summed E-state index contributed by atoms with van der Waals surface area (Å²) in [5.41, 5.74) is 0.600. The average molecular weight is 333 g/mol. The number of nitrogens with one attached hydrogen (secondary N) is 1. The number of nitro benzene ring substituents is 1. The third kappa shape index (κ3) is 4.68. The SMILES string of the molecule is COc1ccc(NC(=O)C(C)Sc2ccc([N+](=O)[O-])cc2)cn1. The van der Waals surface area contributed by atoms with Crippen LogP contribution >= 0.6 is 11.8 Å². The van der Waals surface area contributed by atoms with Gasteiger partial charge in [-0.15, -0.1) is 11.8 Å². The van der Waals surface area contributed by atoms with Crippen molar-refractivity contribution < 1.29 is 14.5 Å². The van der Waals surface area contributed by atoms with Crippen LogP contribution in [0.25, 0.3) is 0 Å². The number of nitro groups is 1. The lowest BCUT2D eigenvalue weighted by Crippen LogP contribution is -2.22. The Bertz CT molecular complexity index is 689. The van der Waals surface area contributed by atoms with E-state index in [9.17, 15) is 14.9 Å². The quantitative estimate of drug-likeness (QED) is 0.496. The normalized spacial score (nSPS) is 11.6. The standard InChI is InChI=1S/C15H15N3O4S/c1-10(23-13-6-4-12(5-7-13)18(20)21)15(19)17-11-3-8-14(22-2)16-9-11/h3-10H,1-2H3,(H,17,19). The van der Waals surface area contributed by atoms with Crippen LogP contribution in [0.4, 0.5) is 11.4 Å². The average Bonchev–Trinajstić information content (AvgIpc) is 2.56. The zero-order valence-electron chi connectivity index (χ0n) is 12.6. The summed E-state index contributed by atoms with van der Waals surface area (Å²) in [6.45, 7) is 1.76. The Morgan fingerprint density at radius 1 is 1.30 bits per heavy atom. The fourth-order valence-electron chi connectivity index (χ4n) is 1.72. The molecular formula is C15H15N3O4S. The number of benzene rings is 1. The van der Waals surface area contributed by atoms with Gasteiger partial charge in [0.2, 0.25) is 11.8 Å². The number of methoxy groups -OCH3 is 1. The lowest BCUT2D eigenvalue weighted by atomic mass is 10.3. The molecule has 1 aromatic carbocycles. The van der Waals surface area contributed by atoms with Crippen LogP contribution in [-0.2, 0) is 4.79 Å². The summed E-state index contributed by atoms with van der Waals surface area (Å²) in [6.07, 6.45) is 1.51. The third-order valence-corrected chi connectivity index (χ3v) is 4.05. The van der Waals surface area contributed by atoms with Crippen molar-refractivity contribution in [1.29, 1.82) is 0 Å². The predicted molar refractivity (Wildman–Crippen MR) is 87.8 cm³/mol. The zero-order chi connectivity index (χ0) is 16.8. The lowest BCUT2D eigenvalue weighted by molar-refractivity contribution is -0.384. The van der Waals surface area contributed by atoms with Gasteiger partial charge in [0.25, 0.3) is 5.69 Å². The molecule has 0 radical (unpaired) electrons. The van der Waals surface area contributed by atoms with Crippen molar-refractivity contribution >= 4 is 29.0 Å². The second-order valence-electron chi connectivity index (χ2n) is 4.59. The molecule has 0 aliphatic carbocycles. The fraction of sp³-hybridized carbons (Fsp3) is 0.200. The molecule has 120 valence electrons. The summed E-state index contributed by atoms with van der Waals surface area (Å²) in [7, 11) is 1.52. The number of nitrogens with zero attached hydrogens (tertiary/aromatic N) is 2. The van der Waals surface area contributed by atoms with Crippen LogP contribution in [0.15, 0.2) is 47.5 Å². The topological polar surface area (TPSA) is 94.4 Å². The Hall–Kier alpha value is -2.61. The van der Waals surface area contributed by atoms with Gasteiger partial charge in [-0.2, -0.15) is 0 Å². The molecule has 0 aliphatic rings. The number of hydrogen-bond acceptors (Lipinski definition) is 6. The smallest absolute Gasteiger partial charge is 0.269 e. The van der Waals surface area contributed by atoms with E-state index in [0.29, 0.717) is 11.6 Å². The maximum atomic E-state index is 12.1. The molecule has 2 aromatic rings. The third-order valence-electron chi connectivity index (χ3n) is 2.94. The van der Waals surface area contributed by atoms with Crippen molar-refractivity contribution in [2.75, 3.05) is 12.4 Å². The van der Waals surface area contributed by atoms with Gasteiger partial charge >= 0.3 is 0 Å². The van der Waals surface area contributed by atoms with E-state index in [2.05, 4.69) is 10.3 Å². The van der Waals surface area contributed by atoms with Crippen LogP contribution in [-0.4, -0.2) is 28.2 Å². The number of non-ortho nitro benzene ring substituents is 1. The second-order valence-corrected chi connectivity index (χ2v) is 6.00. The molecule has 2 rings (SSSR count). The Kier molecular flexibility index (Phi) is 5.53. The molecule has 1 heterocycles. The van der Waals surface area contributed by atoms with Crippen molar-refractivity contribution in [2.45, 2.75) is 17.1 Å². The molecule has 1 atom stereocenters. The molecule has 1 unspecified atom stereocenters. The molecule has 1 aromatic heterocycles. The summed E-state index contributed by atoms with van der Waals surface area (Å²) >= 11 is 1.32. The minimum atomic E-state index is -0.457. The molecule has 1 N–H and O–H groups in total. The number of pyridine rings is 1. The highest BCUT2D eigenvalue weighted by atomic mass is 32.2. The van der Waals surface area contributed by atoms with Gasteiger partial charge in [-0.3, -0.25) is 14.9 Å². The van der Waals surface area contributed by atoms with Crippen LogP contribution in [0.3, 0.4) is 0 Å². The summed E-state index contributed by atoms with van der Waals surface area (Å²) in [5.74, 6) is 0.289. The number of ether oxygens (including phenoxy) is 1. The molecule has 0 fully saturated rings. The first-order valence-corrected chi connectivity index (χ1v) is 7.59. The monoisotopic (exact) mass is 333 g/mol. The Labute approximate surface area is 137 Å². The van der Waals surface area contributed by atoms with E-state index >= 15 is 0 Å².